The Morgan fingerprint density at radius 3 is 1.42 bits per heavy atom. The summed E-state index contributed by atoms with van der Waals surface area (Å²) in [7, 11) is 0. The van der Waals surface area contributed by atoms with Crippen molar-refractivity contribution in [1.82, 2.24) is 66.2 Å². The molecular weight excluding hydrogens is 1120 g/mol. The fraction of sp³-hybridized carbons (Fsp3) is 0.412. The van der Waals surface area contributed by atoms with Crippen molar-refractivity contribution < 1.29 is 19.5 Å². The van der Waals surface area contributed by atoms with Gasteiger partial charge in [-0.15, -0.1) is 40.8 Å². The molecule has 0 aromatic carbocycles. The molecular formula is C51H70BrN17O4S4. The number of anilines is 7. The molecule has 0 aliphatic carbocycles. The second-order valence-electron chi connectivity index (χ2n) is 16.0. The number of halogens is 1. The maximum Gasteiger partial charge on any atom is 0.305 e. The van der Waals surface area contributed by atoms with Crippen LogP contribution in [-0.2, 0) is 14.3 Å². The molecule has 21 nitrogen and oxygen atoms in total. The summed E-state index contributed by atoms with van der Waals surface area (Å²) in [6, 6.07) is 23.1. The highest BCUT2D eigenvalue weighted by atomic mass is 79.9. The summed E-state index contributed by atoms with van der Waals surface area (Å²) in [5.74, 6) is 2.17. The van der Waals surface area contributed by atoms with Gasteiger partial charge in [-0.3, -0.25) is 14.8 Å². The number of carbonyl (C=O) groups is 2. The van der Waals surface area contributed by atoms with Crippen LogP contribution >= 0.6 is 61.3 Å². The van der Waals surface area contributed by atoms with E-state index in [-0.39, 0.29) is 19.3 Å². The molecule has 0 atom stereocenters. The van der Waals surface area contributed by atoms with E-state index in [1.807, 2.05) is 107 Å². The Hall–Kier alpha value is -6.58. The highest BCUT2D eigenvalue weighted by molar-refractivity contribution is 9.10. The normalized spacial score (nSPS) is 10.1. The van der Waals surface area contributed by atoms with Crippen LogP contribution in [0, 0.1) is 27.7 Å². The van der Waals surface area contributed by atoms with Gasteiger partial charge < -0.3 is 25.6 Å². The standard InChI is InChI=1S/C18H26N4O2S.C16H23N5O2S.C8H8N4S.C5H4BrN.C3H5N3S.CH4/c1-3-24-17(23)12-7-5-4-6-10-14-22(16-11-8-9-13-19-16)18-21-20-15(2)25-18;1-13-18-19-16(24-13)21(14-9-6-7-11-17-14)12-8-4-2-3-5-10-15(22)20-23;1-6-11-12-8(13-6)10-7-4-2-3-5-9-7;6-5-3-1-2-4-7-5;1-2-5-6-3(4)7-2;/h8-9,11,13H,3-7,10,12,14H2,1-2H3;6-7,9,11,23H,2-5,8,10,12H2,1H3,(H,20,22);2-5H,1H3,(H,9,10,12);1-4H;1H3,(H2,4,6);1H4. The number of esters is 1. The topological polar surface area (TPSA) is 275 Å². The quantitative estimate of drug-likeness (QED) is 0.0152. The Labute approximate surface area is 475 Å². The summed E-state index contributed by atoms with van der Waals surface area (Å²) < 4.78 is 5.82. The molecule has 8 aromatic heterocycles. The minimum Gasteiger partial charge on any atom is -0.466 e. The molecule has 0 spiro atoms. The lowest BCUT2D eigenvalue weighted by Crippen LogP contribution is -2.19. The monoisotopic (exact) mass is 1190 g/mol. The molecule has 0 radical (unpaired) electrons. The molecule has 0 bridgehead atoms. The third-order valence-corrected chi connectivity index (χ3v) is 13.5. The number of hydrogen-bond donors (Lipinski definition) is 4. The predicted molar refractivity (Wildman–Crippen MR) is 314 cm³/mol. The van der Waals surface area contributed by atoms with E-state index in [0.717, 1.165) is 135 Å². The van der Waals surface area contributed by atoms with E-state index in [4.69, 9.17) is 15.7 Å². The van der Waals surface area contributed by atoms with Crippen molar-refractivity contribution in [3.8, 4) is 0 Å². The van der Waals surface area contributed by atoms with Crippen LogP contribution in [0.5, 0.6) is 0 Å². The molecule has 414 valence electrons. The van der Waals surface area contributed by atoms with Crippen molar-refractivity contribution >= 4 is 111 Å². The van der Waals surface area contributed by atoms with E-state index in [0.29, 0.717) is 24.6 Å². The van der Waals surface area contributed by atoms with Crippen LogP contribution in [0.3, 0.4) is 0 Å². The third-order valence-electron chi connectivity index (χ3n) is 9.92. The molecule has 8 aromatic rings. The molecule has 5 N–H and O–H groups in total. The van der Waals surface area contributed by atoms with E-state index in [9.17, 15) is 9.59 Å². The number of ether oxygens (including phenoxy) is 1. The number of nitrogens with one attached hydrogen (secondary N) is 2. The van der Waals surface area contributed by atoms with Crippen molar-refractivity contribution in [3.63, 3.8) is 0 Å². The predicted octanol–water partition coefficient (Wildman–Crippen LogP) is 12.4. The maximum absolute atomic E-state index is 11.3. The Morgan fingerprint density at radius 1 is 0.571 bits per heavy atom. The number of amides is 1. The van der Waals surface area contributed by atoms with Gasteiger partial charge >= 0.3 is 5.97 Å². The number of hydroxylamine groups is 1. The van der Waals surface area contributed by atoms with Gasteiger partial charge in [0.1, 0.15) is 42.1 Å². The number of unbranched alkanes of at least 4 members (excludes halogenated alkanes) is 8. The fourth-order valence-corrected chi connectivity index (χ4v) is 9.21. The van der Waals surface area contributed by atoms with Crippen molar-refractivity contribution in [2.75, 3.05) is 40.5 Å². The zero-order chi connectivity index (χ0) is 54.6. The summed E-state index contributed by atoms with van der Waals surface area (Å²) in [5, 5.41) is 50.1. The van der Waals surface area contributed by atoms with Gasteiger partial charge in [0.25, 0.3) is 0 Å². The Morgan fingerprint density at radius 2 is 1.04 bits per heavy atom. The summed E-state index contributed by atoms with van der Waals surface area (Å²) in [5.41, 5.74) is 6.88. The number of carbonyl (C=O) groups excluding carboxylic acids is 2. The molecule has 0 unspecified atom stereocenters. The number of hydrogen-bond acceptors (Lipinski definition) is 24. The smallest absolute Gasteiger partial charge is 0.305 e. The minimum absolute atomic E-state index is 0. The molecule has 0 saturated carbocycles. The molecule has 26 heteroatoms. The second kappa shape index (κ2) is 38.9. The first kappa shape index (κ1) is 64.7. The molecule has 8 rings (SSSR count). The molecule has 0 fully saturated rings. The van der Waals surface area contributed by atoms with Crippen LogP contribution in [-0.4, -0.2) is 97.5 Å². The van der Waals surface area contributed by atoms with Gasteiger partial charge in [-0.05, 0) is 125 Å². The van der Waals surface area contributed by atoms with E-state index >= 15 is 0 Å². The van der Waals surface area contributed by atoms with Crippen LogP contribution in [0.1, 0.15) is 111 Å². The second-order valence-corrected chi connectivity index (χ2v) is 21.6. The van der Waals surface area contributed by atoms with Gasteiger partial charge in [0.2, 0.25) is 26.4 Å². The lowest BCUT2D eigenvalue weighted by Gasteiger charge is -2.20. The molecule has 1 amide bonds. The first-order chi connectivity index (χ1) is 36.9. The van der Waals surface area contributed by atoms with E-state index in [1.54, 1.807) is 52.9 Å². The summed E-state index contributed by atoms with van der Waals surface area (Å²) >= 11 is 9.25. The fourth-order valence-electron chi connectivity index (χ4n) is 6.43. The van der Waals surface area contributed by atoms with Crippen molar-refractivity contribution in [2.24, 2.45) is 0 Å². The van der Waals surface area contributed by atoms with E-state index in [2.05, 4.69) is 91.8 Å². The number of aryl methyl sites for hydroxylation is 4. The molecule has 0 aliphatic heterocycles. The SMILES string of the molecule is Brc1ccccn1.C.CCOC(=O)CCCCCCCN(c1ccccn1)c1nnc(C)s1.Cc1nnc(N(CCCCCCCC(=O)NO)c2ccccn2)s1.Cc1nnc(N)s1.Cc1nnc(Nc2ccccn2)s1. The average Bonchev–Trinajstić information content (AvgIpc) is 4.26. The van der Waals surface area contributed by atoms with Gasteiger partial charge in [0.15, 0.2) is 0 Å². The first-order valence-electron chi connectivity index (χ1n) is 24.6. The van der Waals surface area contributed by atoms with Gasteiger partial charge in [-0.2, -0.15) is 0 Å². The number of pyridine rings is 4. The van der Waals surface area contributed by atoms with Crippen LogP contribution in [0.4, 0.5) is 38.0 Å². The van der Waals surface area contributed by atoms with Gasteiger partial charge in [0, 0.05) is 50.7 Å². The highest BCUT2D eigenvalue weighted by Gasteiger charge is 2.16. The molecule has 0 aliphatic rings. The van der Waals surface area contributed by atoms with Crippen LogP contribution < -0.4 is 26.3 Å². The first-order valence-corrected chi connectivity index (χ1v) is 28.7. The molecule has 77 heavy (non-hydrogen) atoms. The number of nitrogens with zero attached hydrogens (tertiary/aromatic N) is 14. The number of nitrogen functional groups attached to an aromatic ring is 1. The number of aromatic nitrogens is 12. The minimum atomic E-state index is -0.317. The Balaban J connectivity index is 0.000000275. The summed E-state index contributed by atoms with van der Waals surface area (Å²) in [6.45, 7) is 11.7. The van der Waals surface area contributed by atoms with Crippen LogP contribution in [0.25, 0.3) is 0 Å². The number of rotatable bonds is 23. The third kappa shape index (κ3) is 27.9. The zero-order valence-corrected chi connectivity index (χ0v) is 48.2. The van der Waals surface area contributed by atoms with Crippen molar-refractivity contribution in [3.05, 3.63) is 122 Å². The summed E-state index contributed by atoms with van der Waals surface area (Å²) in [4.78, 5) is 43.3. The van der Waals surface area contributed by atoms with Crippen molar-refractivity contribution in [1.29, 1.82) is 0 Å². The van der Waals surface area contributed by atoms with Crippen LogP contribution in [0.15, 0.2) is 102 Å². The Bertz CT molecular complexity index is 2740. The molecule has 0 saturated heterocycles. The lowest BCUT2D eigenvalue weighted by molar-refractivity contribution is -0.143. The highest BCUT2D eigenvalue weighted by Crippen LogP contribution is 2.28. The maximum atomic E-state index is 11.3. The average molecular weight is 1190 g/mol. The summed E-state index contributed by atoms with van der Waals surface area (Å²) in [6.07, 6.45) is 18.1. The number of nitrogens with two attached hydrogens (primary N) is 1. The van der Waals surface area contributed by atoms with Gasteiger partial charge in [0.05, 0.1) is 6.61 Å². The lowest BCUT2D eigenvalue weighted by atomic mass is 10.1. The molecule has 8 heterocycles. The van der Waals surface area contributed by atoms with E-state index < -0.39 is 0 Å². The Kier molecular flexibility index (Phi) is 32.7. The zero-order valence-electron chi connectivity index (χ0n) is 43.4. The van der Waals surface area contributed by atoms with Gasteiger partial charge in [-0.1, -0.05) is 116 Å². The van der Waals surface area contributed by atoms with Gasteiger partial charge in [-0.25, -0.2) is 25.4 Å². The largest absolute Gasteiger partial charge is 0.466 e. The van der Waals surface area contributed by atoms with Crippen molar-refractivity contribution in [2.45, 2.75) is 119 Å². The van der Waals surface area contributed by atoms with Crippen LogP contribution in [0.2, 0.25) is 0 Å². The van der Waals surface area contributed by atoms with E-state index in [1.165, 1.54) is 22.7 Å².